The minimum absolute atomic E-state index is 0.0536. The van der Waals surface area contributed by atoms with Crippen LogP contribution in [-0.4, -0.2) is 45.7 Å². The lowest BCUT2D eigenvalue weighted by Gasteiger charge is -2.31. The lowest BCUT2D eigenvalue weighted by molar-refractivity contribution is -0.107. The quantitative estimate of drug-likeness (QED) is 0.647. The van der Waals surface area contributed by atoms with Crippen LogP contribution in [-0.2, 0) is 11.2 Å². The number of carbonyl (C=O) groups is 2. The van der Waals surface area contributed by atoms with E-state index in [2.05, 4.69) is 4.98 Å². The van der Waals surface area contributed by atoms with Crippen LogP contribution in [0.15, 0.2) is 48.8 Å². The van der Waals surface area contributed by atoms with Crippen molar-refractivity contribution in [1.29, 1.82) is 0 Å². The van der Waals surface area contributed by atoms with Crippen LogP contribution in [0.2, 0.25) is 0 Å². The van der Waals surface area contributed by atoms with Gasteiger partial charge in [0.05, 0.1) is 5.56 Å². The van der Waals surface area contributed by atoms with Gasteiger partial charge in [0.1, 0.15) is 11.9 Å². The van der Waals surface area contributed by atoms with Crippen LogP contribution in [0.5, 0.6) is 0 Å². The van der Waals surface area contributed by atoms with Gasteiger partial charge in [-0.1, -0.05) is 12.1 Å². The van der Waals surface area contributed by atoms with E-state index in [9.17, 15) is 18.4 Å². The van der Waals surface area contributed by atoms with Gasteiger partial charge in [0, 0.05) is 55.8 Å². The van der Waals surface area contributed by atoms with Gasteiger partial charge in [0.15, 0.2) is 0 Å². The Bertz CT molecular complexity index is 1020. The Morgan fingerprint density at radius 2 is 1.86 bits per heavy atom. The number of likely N-dealkylation sites (tertiary alicyclic amines) is 1. The third-order valence-electron chi connectivity index (χ3n) is 5.09. The zero-order valence-electron chi connectivity index (χ0n) is 15.1. The highest BCUT2D eigenvalue weighted by Crippen LogP contribution is 2.28. The maximum absolute atomic E-state index is 13.3. The van der Waals surface area contributed by atoms with Gasteiger partial charge >= 0.3 is 0 Å². The molecule has 0 bridgehead atoms. The predicted octanol–water partition coefficient (Wildman–Crippen LogP) is 3.64. The number of piperidine rings is 1. The fourth-order valence-corrected chi connectivity index (χ4v) is 3.46. The minimum atomic E-state index is -2.68. The Hall–Kier alpha value is -3.09. The molecule has 7 heteroatoms. The van der Waals surface area contributed by atoms with E-state index in [1.54, 1.807) is 6.07 Å². The van der Waals surface area contributed by atoms with Crippen molar-refractivity contribution in [2.24, 2.45) is 0 Å². The summed E-state index contributed by atoms with van der Waals surface area (Å²) in [6.45, 7) is 0.107. The van der Waals surface area contributed by atoms with Gasteiger partial charge in [-0.2, -0.15) is 0 Å². The van der Waals surface area contributed by atoms with Gasteiger partial charge in [-0.3, -0.25) is 4.79 Å². The Kier molecular flexibility index (Phi) is 4.66. The third-order valence-corrected chi connectivity index (χ3v) is 5.09. The Labute approximate surface area is 160 Å². The zero-order chi connectivity index (χ0) is 19.7. The molecule has 1 saturated heterocycles. The van der Waals surface area contributed by atoms with E-state index in [1.807, 2.05) is 41.1 Å². The number of benzene rings is 1. The molecule has 5 nitrogen and oxygen atoms in total. The number of pyridine rings is 1. The van der Waals surface area contributed by atoms with Crippen LogP contribution in [0, 0.1) is 0 Å². The molecule has 0 unspecified atom stereocenters. The Balaban J connectivity index is 1.57. The number of halogens is 2. The number of alkyl halides is 2. The first kappa shape index (κ1) is 18.3. The number of hydrogen-bond donors (Lipinski definition) is 0. The van der Waals surface area contributed by atoms with Crippen molar-refractivity contribution >= 4 is 23.2 Å². The first-order chi connectivity index (χ1) is 13.5. The van der Waals surface area contributed by atoms with Crippen molar-refractivity contribution in [2.75, 3.05) is 13.1 Å². The van der Waals surface area contributed by atoms with Crippen molar-refractivity contribution in [2.45, 2.75) is 25.2 Å². The lowest BCUT2D eigenvalue weighted by atomic mass is 10.1. The maximum atomic E-state index is 13.3. The van der Waals surface area contributed by atoms with Crippen molar-refractivity contribution in [3.63, 3.8) is 0 Å². The molecule has 4 rings (SSSR count). The van der Waals surface area contributed by atoms with Crippen LogP contribution in [0.25, 0.3) is 16.7 Å². The van der Waals surface area contributed by atoms with Crippen LogP contribution in [0.3, 0.4) is 0 Å². The molecule has 0 radical (unpaired) electrons. The molecule has 1 aliphatic rings. The average Bonchev–Trinajstić information content (AvgIpc) is 3.11. The Morgan fingerprint density at radius 3 is 2.54 bits per heavy atom. The van der Waals surface area contributed by atoms with Gasteiger partial charge in [-0.25, -0.2) is 13.8 Å². The van der Waals surface area contributed by atoms with Crippen LogP contribution in [0.1, 0.15) is 28.8 Å². The molecule has 144 valence electrons. The smallest absolute Gasteiger partial charge is 0.255 e. The van der Waals surface area contributed by atoms with E-state index in [-0.39, 0.29) is 31.8 Å². The molecule has 0 atom stereocenters. The number of amides is 1. The Morgan fingerprint density at radius 1 is 1.14 bits per heavy atom. The second kappa shape index (κ2) is 7.14. The summed E-state index contributed by atoms with van der Waals surface area (Å²) in [5.74, 6) is -2.95. The summed E-state index contributed by atoms with van der Waals surface area (Å²) in [5, 5.41) is 0.796. The molecule has 0 spiro atoms. The maximum Gasteiger partial charge on any atom is 0.255 e. The monoisotopic (exact) mass is 383 g/mol. The van der Waals surface area contributed by atoms with Gasteiger partial charge in [-0.05, 0) is 29.8 Å². The molecule has 1 amide bonds. The highest BCUT2D eigenvalue weighted by molar-refractivity contribution is 5.97. The molecule has 0 saturated carbocycles. The molecule has 1 fully saturated rings. The topological polar surface area (TPSA) is 55.2 Å². The van der Waals surface area contributed by atoms with Crippen LogP contribution in [0.4, 0.5) is 8.78 Å². The summed E-state index contributed by atoms with van der Waals surface area (Å²) in [6, 6.07) is 11.2. The van der Waals surface area contributed by atoms with Gasteiger partial charge in [-0.15, -0.1) is 0 Å². The average molecular weight is 383 g/mol. The summed E-state index contributed by atoms with van der Waals surface area (Å²) >= 11 is 0. The van der Waals surface area contributed by atoms with E-state index in [0.717, 1.165) is 22.9 Å². The molecule has 3 heterocycles. The number of hydrogen-bond acceptors (Lipinski definition) is 3. The molecule has 0 aliphatic carbocycles. The SMILES string of the molecule is O=CCc1ccc(-n2ccc3cc(C(=O)N4CCC(F)(F)CC4)cnc32)cc1. The number of carbonyl (C=O) groups excluding carboxylic acids is 2. The lowest BCUT2D eigenvalue weighted by Crippen LogP contribution is -2.42. The summed E-state index contributed by atoms with van der Waals surface area (Å²) < 4.78 is 28.5. The van der Waals surface area contributed by atoms with E-state index in [0.29, 0.717) is 17.6 Å². The number of fused-ring (bicyclic) bond motifs is 1. The highest BCUT2D eigenvalue weighted by atomic mass is 19.3. The molecular formula is C21H19F2N3O2. The summed E-state index contributed by atoms with van der Waals surface area (Å²) in [6.07, 6.45) is 4.00. The van der Waals surface area contributed by atoms with E-state index >= 15 is 0 Å². The molecule has 1 aliphatic heterocycles. The standard InChI is InChI=1S/C21H19F2N3O2/c22-21(23)7-10-25(11-8-21)20(28)17-13-16-5-9-26(19(16)24-14-17)18-3-1-15(2-4-18)6-12-27/h1-5,9,12-14H,6-8,10-11H2. The first-order valence-electron chi connectivity index (χ1n) is 9.14. The van der Waals surface area contributed by atoms with Crippen LogP contribution < -0.4 is 0 Å². The zero-order valence-corrected chi connectivity index (χ0v) is 15.1. The fraction of sp³-hybridized carbons (Fsp3) is 0.286. The first-order valence-corrected chi connectivity index (χ1v) is 9.14. The van der Waals surface area contributed by atoms with E-state index in [4.69, 9.17) is 0 Å². The van der Waals surface area contributed by atoms with Gasteiger partial charge in [0.25, 0.3) is 11.8 Å². The van der Waals surface area contributed by atoms with Gasteiger partial charge < -0.3 is 14.3 Å². The van der Waals surface area contributed by atoms with Gasteiger partial charge in [0.2, 0.25) is 0 Å². The number of aromatic nitrogens is 2. The van der Waals surface area contributed by atoms with Crippen molar-refractivity contribution < 1.29 is 18.4 Å². The number of rotatable bonds is 4. The summed E-state index contributed by atoms with van der Waals surface area (Å²) in [7, 11) is 0. The van der Waals surface area contributed by atoms with Crippen molar-refractivity contribution in [3.05, 3.63) is 59.9 Å². The highest BCUT2D eigenvalue weighted by Gasteiger charge is 2.35. The molecule has 2 aromatic heterocycles. The number of aldehydes is 1. The number of nitrogens with zero attached hydrogens (tertiary/aromatic N) is 3. The molecule has 0 N–H and O–H groups in total. The largest absolute Gasteiger partial charge is 0.338 e. The summed E-state index contributed by atoms with van der Waals surface area (Å²) in [4.78, 5) is 29.1. The molecule has 3 aromatic rings. The normalized spacial score (nSPS) is 16.3. The van der Waals surface area contributed by atoms with Crippen molar-refractivity contribution in [3.8, 4) is 5.69 Å². The fourth-order valence-electron chi connectivity index (χ4n) is 3.46. The molecular weight excluding hydrogens is 364 g/mol. The second-order valence-corrected chi connectivity index (χ2v) is 7.01. The molecule has 28 heavy (non-hydrogen) atoms. The minimum Gasteiger partial charge on any atom is -0.338 e. The predicted molar refractivity (Wildman–Crippen MR) is 101 cm³/mol. The second-order valence-electron chi connectivity index (χ2n) is 7.01. The van der Waals surface area contributed by atoms with Crippen LogP contribution >= 0.6 is 0 Å². The van der Waals surface area contributed by atoms with Crippen molar-refractivity contribution in [1.82, 2.24) is 14.5 Å². The molecule has 1 aromatic carbocycles. The summed E-state index contributed by atoms with van der Waals surface area (Å²) in [5.41, 5.74) is 2.93. The van der Waals surface area contributed by atoms with E-state index in [1.165, 1.54) is 11.1 Å². The van der Waals surface area contributed by atoms with E-state index < -0.39 is 5.92 Å². The third kappa shape index (κ3) is 3.52.